The van der Waals surface area contributed by atoms with Crippen molar-refractivity contribution in [2.75, 3.05) is 0 Å². The summed E-state index contributed by atoms with van der Waals surface area (Å²) >= 11 is 0. The number of fused-ring (bicyclic) bond motifs is 6. The third-order valence-corrected chi connectivity index (χ3v) is 11.0. The molecule has 0 bridgehead atoms. The van der Waals surface area contributed by atoms with E-state index in [0.29, 0.717) is 17.5 Å². The molecule has 0 fully saturated rings. The van der Waals surface area contributed by atoms with Gasteiger partial charge in [-0.15, -0.1) is 0 Å². The highest BCUT2D eigenvalue weighted by Crippen LogP contribution is 2.44. The molecule has 0 radical (unpaired) electrons. The van der Waals surface area contributed by atoms with Gasteiger partial charge >= 0.3 is 0 Å². The second-order valence-corrected chi connectivity index (χ2v) is 14.3. The average Bonchev–Trinajstić information content (AvgIpc) is 3.82. The Labute approximate surface area is 323 Å². The van der Waals surface area contributed by atoms with Crippen LogP contribution in [-0.4, -0.2) is 19.5 Å². The van der Waals surface area contributed by atoms with Crippen LogP contribution in [0.1, 0.15) is 12.5 Å². The van der Waals surface area contributed by atoms with Crippen LogP contribution in [0.2, 0.25) is 0 Å². The molecule has 11 rings (SSSR count). The van der Waals surface area contributed by atoms with Crippen molar-refractivity contribution < 1.29 is 4.42 Å². The molecule has 7 aromatic carbocycles. The van der Waals surface area contributed by atoms with E-state index in [0.717, 1.165) is 67.3 Å². The zero-order valence-corrected chi connectivity index (χ0v) is 30.4. The van der Waals surface area contributed by atoms with Crippen molar-refractivity contribution in [3.8, 4) is 56.4 Å². The molecule has 10 aromatic rings. The Balaban J connectivity index is 1.16. The Kier molecular flexibility index (Phi) is 7.56. The SMILES string of the molecule is C1=CCC(n2c3ccccc3c3cc(-c4cc5c(cc4-c4ccccc4)oc4cccc(-c6nc(-c7ccccc7)nc(-c7ccccc7)n6)c45)ccc32)C=C1. The summed E-state index contributed by atoms with van der Waals surface area (Å²) in [6, 6.07) is 57.5. The van der Waals surface area contributed by atoms with Gasteiger partial charge < -0.3 is 8.98 Å². The molecule has 264 valence electrons. The molecule has 3 heterocycles. The predicted octanol–water partition coefficient (Wildman–Crippen LogP) is 13.3. The molecule has 0 amide bonds. The number of hydrogen-bond acceptors (Lipinski definition) is 4. The highest BCUT2D eigenvalue weighted by Gasteiger charge is 2.22. The Morgan fingerprint density at radius 3 is 1.80 bits per heavy atom. The first-order valence-electron chi connectivity index (χ1n) is 19.1. The third-order valence-electron chi connectivity index (χ3n) is 11.0. The number of aromatic nitrogens is 4. The molecule has 0 aliphatic heterocycles. The first-order chi connectivity index (χ1) is 27.8. The second-order valence-electron chi connectivity index (χ2n) is 14.3. The van der Waals surface area contributed by atoms with Crippen molar-refractivity contribution in [3.63, 3.8) is 0 Å². The van der Waals surface area contributed by atoms with Crippen molar-refractivity contribution in [1.29, 1.82) is 0 Å². The maximum Gasteiger partial charge on any atom is 0.164 e. The van der Waals surface area contributed by atoms with E-state index in [2.05, 4.69) is 120 Å². The molecule has 5 nitrogen and oxygen atoms in total. The van der Waals surface area contributed by atoms with Gasteiger partial charge in [-0.05, 0) is 65.1 Å². The molecule has 3 aromatic heterocycles. The lowest BCUT2D eigenvalue weighted by molar-refractivity contribution is 0.648. The fourth-order valence-electron chi connectivity index (χ4n) is 8.37. The van der Waals surface area contributed by atoms with E-state index in [1.165, 1.54) is 21.8 Å². The summed E-state index contributed by atoms with van der Waals surface area (Å²) in [4.78, 5) is 15.2. The summed E-state index contributed by atoms with van der Waals surface area (Å²) < 4.78 is 9.20. The van der Waals surface area contributed by atoms with Gasteiger partial charge in [-0.2, -0.15) is 0 Å². The molecule has 1 atom stereocenters. The number of hydrogen-bond donors (Lipinski definition) is 0. The summed E-state index contributed by atoms with van der Waals surface area (Å²) in [6.07, 6.45) is 9.83. The van der Waals surface area contributed by atoms with Crippen molar-refractivity contribution in [2.24, 2.45) is 0 Å². The summed E-state index contributed by atoms with van der Waals surface area (Å²) in [7, 11) is 0. The maximum atomic E-state index is 6.71. The van der Waals surface area contributed by atoms with Crippen LogP contribution in [-0.2, 0) is 0 Å². The zero-order valence-electron chi connectivity index (χ0n) is 30.4. The van der Waals surface area contributed by atoms with Crippen LogP contribution in [0, 0.1) is 0 Å². The largest absolute Gasteiger partial charge is 0.456 e. The Morgan fingerprint density at radius 1 is 0.446 bits per heavy atom. The molecule has 0 saturated carbocycles. The zero-order chi connectivity index (χ0) is 37.0. The third kappa shape index (κ3) is 5.36. The van der Waals surface area contributed by atoms with Gasteiger partial charge in [0, 0.05) is 49.3 Å². The van der Waals surface area contributed by atoms with Crippen LogP contribution in [0.5, 0.6) is 0 Å². The molecule has 1 aliphatic carbocycles. The highest BCUT2D eigenvalue weighted by molar-refractivity contribution is 6.15. The van der Waals surface area contributed by atoms with Gasteiger partial charge in [0.2, 0.25) is 0 Å². The lowest BCUT2D eigenvalue weighted by atomic mass is 9.91. The van der Waals surface area contributed by atoms with E-state index in [-0.39, 0.29) is 6.04 Å². The van der Waals surface area contributed by atoms with E-state index >= 15 is 0 Å². The molecule has 0 saturated heterocycles. The van der Waals surface area contributed by atoms with E-state index in [9.17, 15) is 0 Å². The van der Waals surface area contributed by atoms with Crippen LogP contribution < -0.4 is 0 Å². The molecule has 1 aliphatic rings. The lowest BCUT2D eigenvalue weighted by Gasteiger charge is -2.18. The molecular formula is C51H34N4O. The van der Waals surface area contributed by atoms with Gasteiger partial charge in [0.1, 0.15) is 11.2 Å². The van der Waals surface area contributed by atoms with Crippen molar-refractivity contribution in [2.45, 2.75) is 12.5 Å². The molecule has 0 spiro atoms. The minimum Gasteiger partial charge on any atom is -0.456 e. The predicted molar refractivity (Wildman–Crippen MR) is 229 cm³/mol. The van der Waals surface area contributed by atoms with E-state index in [1.54, 1.807) is 0 Å². The quantitative estimate of drug-likeness (QED) is 0.172. The fourth-order valence-corrected chi connectivity index (χ4v) is 8.37. The van der Waals surface area contributed by atoms with Gasteiger partial charge in [-0.1, -0.05) is 152 Å². The van der Waals surface area contributed by atoms with Crippen molar-refractivity contribution in [3.05, 3.63) is 188 Å². The van der Waals surface area contributed by atoms with E-state index in [4.69, 9.17) is 19.4 Å². The molecule has 1 unspecified atom stereocenters. The van der Waals surface area contributed by atoms with E-state index < -0.39 is 0 Å². The van der Waals surface area contributed by atoms with Crippen molar-refractivity contribution in [1.82, 2.24) is 19.5 Å². The smallest absolute Gasteiger partial charge is 0.164 e. The standard InChI is InChI=1S/C51H34N4O/c1-5-16-33(17-6-1)41-32-47-43(31-40(41)36-28-29-45-42(30-36)38-24-13-14-26-44(38)55(45)37-22-11-4-12-23-37)48-39(25-15-27-46(48)56-47)51-53-49(34-18-7-2-8-19-34)52-50(54-51)35-20-9-3-10-21-35/h1-22,24-32,37H,23H2. The van der Waals surface area contributed by atoms with Crippen LogP contribution in [0.15, 0.2) is 193 Å². The topological polar surface area (TPSA) is 56.7 Å². The van der Waals surface area contributed by atoms with Gasteiger partial charge in [0.25, 0.3) is 0 Å². The number of para-hydroxylation sites is 1. The van der Waals surface area contributed by atoms with Gasteiger partial charge in [0.15, 0.2) is 17.5 Å². The number of nitrogens with zero attached hydrogens (tertiary/aromatic N) is 4. The normalized spacial score (nSPS) is 14.0. The highest BCUT2D eigenvalue weighted by atomic mass is 16.3. The van der Waals surface area contributed by atoms with Crippen molar-refractivity contribution >= 4 is 43.7 Å². The maximum absolute atomic E-state index is 6.71. The lowest BCUT2D eigenvalue weighted by Crippen LogP contribution is -2.06. The Bertz CT molecular complexity index is 3100. The first kappa shape index (κ1) is 32.1. The number of benzene rings is 7. The van der Waals surface area contributed by atoms with Gasteiger partial charge in [-0.3, -0.25) is 0 Å². The van der Waals surface area contributed by atoms with Crippen LogP contribution in [0.3, 0.4) is 0 Å². The molecular weight excluding hydrogens is 685 g/mol. The second kappa shape index (κ2) is 13.2. The minimum atomic E-state index is 0.264. The Hall–Kier alpha value is -7.37. The van der Waals surface area contributed by atoms with Crippen LogP contribution in [0.25, 0.3) is 100 Å². The molecule has 5 heteroatoms. The molecule has 0 N–H and O–H groups in total. The van der Waals surface area contributed by atoms with Crippen LogP contribution >= 0.6 is 0 Å². The first-order valence-corrected chi connectivity index (χ1v) is 19.1. The summed E-state index contributed by atoms with van der Waals surface area (Å²) in [6.45, 7) is 0. The van der Waals surface area contributed by atoms with Gasteiger partial charge in [0.05, 0.1) is 6.04 Å². The van der Waals surface area contributed by atoms with Gasteiger partial charge in [-0.25, -0.2) is 15.0 Å². The number of allylic oxidation sites excluding steroid dienone is 4. The average molecular weight is 719 g/mol. The fraction of sp³-hybridized carbons (Fsp3) is 0.0392. The van der Waals surface area contributed by atoms with Crippen LogP contribution in [0.4, 0.5) is 0 Å². The summed E-state index contributed by atoms with van der Waals surface area (Å²) in [5.74, 6) is 1.84. The molecule has 56 heavy (non-hydrogen) atoms. The monoisotopic (exact) mass is 718 g/mol. The Morgan fingerprint density at radius 2 is 1.09 bits per heavy atom. The summed E-state index contributed by atoms with van der Waals surface area (Å²) in [5.41, 5.74) is 11.3. The summed E-state index contributed by atoms with van der Waals surface area (Å²) in [5, 5.41) is 4.48. The number of furan rings is 1. The van der Waals surface area contributed by atoms with E-state index in [1.807, 2.05) is 72.8 Å². The minimum absolute atomic E-state index is 0.264. The number of rotatable bonds is 6.